The van der Waals surface area contributed by atoms with Crippen molar-refractivity contribution in [3.63, 3.8) is 0 Å². The molecule has 78 valence electrons. The number of aromatic nitrogens is 2. The SMILES string of the molecule is C=C(CCl)CN(C)Cc1cnn(C)c1. The lowest BCUT2D eigenvalue weighted by atomic mass is 10.3. The Kier molecular flexibility index (Phi) is 4.17. The predicted molar refractivity (Wildman–Crippen MR) is 59.4 cm³/mol. The van der Waals surface area contributed by atoms with Crippen LogP contribution in [-0.2, 0) is 13.6 Å². The minimum atomic E-state index is 0.525. The fourth-order valence-corrected chi connectivity index (χ4v) is 1.43. The summed E-state index contributed by atoms with van der Waals surface area (Å²) in [5, 5.41) is 4.11. The summed E-state index contributed by atoms with van der Waals surface area (Å²) in [6, 6.07) is 0. The summed E-state index contributed by atoms with van der Waals surface area (Å²) in [7, 11) is 3.96. The van der Waals surface area contributed by atoms with E-state index in [0.717, 1.165) is 18.7 Å². The standard InChI is InChI=1S/C10H16ClN3/c1-9(4-11)6-13(2)7-10-5-12-14(3)8-10/h5,8H,1,4,6-7H2,2-3H3. The molecule has 3 nitrogen and oxygen atoms in total. The number of hydrogen-bond acceptors (Lipinski definition) is 2. The smallest absolute Gasteiger partial charge is 0.0534 e. The van der Waals surface area contributed by atoms with Gasteiger partial charge in [0.15, 0.2) is 0 Å². The first-order valence-corrected chi connectivity index (χ1v) is 5.04. The lowest BCUT2D eigenvalue weighted by Crippen LogP contribution is -2.20. The topological polar surface area (TPSA) is 21.1 Å². The van der Waals surface area contributed by atoms with Gasteiger partial charge in [0, 0.05) is 37.8 Å². The molecule has 0 aliphatic carbocycles. The summed E-state index contributed by atoms with van der Waals surface area (Å²) in [5.41, 5.74) is 2.25. The average Bonchev–Trinajstić information content (AvgIpc) is 2.50. The van der Waals surface area contributed by atoms with Crippen LogP contribution in [0.4, 0.5) is 0 Å². The molecule has 4 heteroatoms. The predicted octanol–water partition coefficient (Wildman–Crippen LogP) is 1.65. The van der Waals surface area contributed by atoms with E-state index < -0.39 is 0 Å². The van der Waals surface area contributed by atoms with Crippen molar-refractivity contribution in [2.45, 2.75) is 6.54 Å². The Balaban J connectivity index is 2.41. The second-order valence-corrected chi connectivity index (χ2v) is 3.85. The third kappa shape index (κ3) is 3.52. The van der Waals surface area contributed by atoms with Gasteiger partial charge in [0.05, 0.1) is 6.20 Å². The minimum absolute atomic E-state index is 0.525. The van der Waals surface area contributed by atoms with Gasteiger partial charge in [-0.25, -0.2) is 0 Å². The maximum Gasteiger partial charge on any atom is 0.0534 e. The summed E-state index contributed by atoms with van der Waals surface area (Å²) in [5.74, 6) is 0.525. The van der Waals surface area contributed by atoms with Gasteiger partial charge in [-0.1, -0.05) is 6.58 Å². The van der Waals surface area contributed by atoms with Crippen molar-refractivity contribution in [2.24, 2.45) is 7.05 Å². The maximum atomic E-state index is 5.66. The van der Waals surface area contributed by atoms with Gasteiger partial charge in [-0.05, 0) is 12.6 Å². The number of hydrogen-bond donors (Lipinski definition) is 0. The van der Waals surface area contributed by atoms with E-state index >= 15 is 0 Å². The zero-order valence-corrected chi connectivity index (χ0v) is 9.46. The number of aryl methyl sites for hydroxylation is 1. The van der Waals surface area contributed by atoms with E-state index in [2.05, 4.69) is 16.6 Å². The number of rotatable bonds is 5. The summed E-state index contributed by atoms with van der Waals surface area (Å²) in [6.45, 7) is 5.58. The first-order valence-electron chi connectivity index (χ1n) is 4.50. The Bertz CT molecular complexity index is 306. The van der Waals surface area contributed by atoms with Crippen molar-refractivity contribution < 1.29 is 0 Å². The lowest BCUT2D eigenvalue weighted by Gasteiger charge is -2.15. The van der Waals surface area contributed by atoms with Crippen LogP contribution in [0.3, 0.4) is 0 Å². The number of halogens is 1. The van der Waals surface area contributed by atoms with Crippen LogP contribution in [-0.4, -0.2) is 34.2 Å². The number of nitrogens with zero attached hydrogens (tertiary/aromatic N) is 3. The molecule has 0 spiro atoms. The van der Waals surface area contributed by atoms with Crippen LogP contribution in [0.25, 0.3) is 0 Å². The molecule has 0 N–H and O–H groups in total. The molecule has 1 aromatic rings. The van der Waals surface area contributed by atoms with Crippen LogP contribution in [0.2, 0.25) is 0 Å². The van der Waals surface area contributed by atoms with Crippen molar-refractivity contribution in [1.82, 2.24) is 14.7 Å². The highest BCUT2D eigenvalue weighted by Crippen LogP contribution is 2.04. The van der Waals surface area contributed by atoms with Crippen molar-refractivity contribution in [2.75, 3.05) is 19.5 Å². The van der Waals surface area contributed by atoms with Gasteiger partial charge in [0.1, 0.15) is 0 Å². The first-order chi connectivity index (χ1) is 6.61. The molecular formula is C10H16ClN3. The molecule has 0 fully saturated rings. The zero-order valence-electron chi connectivity index (χ0n) is 8.70. The molecule has 0 radical (unpaired) electrons. The van der Waals surface area contributed by atoms with Crippen molar-refractivity contribution in [1.29, 1.82) is 0 Å². The fraction of sp³-hybridized carbons (Fsp3) is 0.500. The molecule has 0 aromatic carbocycles. The first kappa shape index (κ1) is 11.3. The summed E-state index contributed by atoms with van der Waals surface area (Å²) < 4.78 is 1.81. The van der Waals surface area contributed by atoms with E-state index in [0.29, 0.717) is 5.88 Å². The number of alkyl halides is 1. The Morgan fingerprint density at radius 1 is 1.71 bits per heavy atom. The Morgan fingerprint density at radius 3 is 2.93 bits per heavy atom. The summed E-state index contributed by atoms with van der Waals surface area (Å²) in [4.78, 5) is 2.17. The third-order valence-corrected chi connectivity index (χ3v) is 2.27. The van der Waals surface area contributed by atoms with Crippen molar-refractivity contribution in [3.8, 4) is 0 Å². The van der Waals surface area contributed by atoms with Gasteiger partial charge in [0.2, 0.25) is 0 Å². The highest BCUT2D eigenvalue weighted by molar-refractivity contribution is 6.19. The molecule has 1 rings (SSSR count). The molecule has 0 aliphatic rings. The minimum Gasteiger partial charge on any atom is -0.298 e. The largest absolute Gasteiger partial charge is 0.298 e. The van der Waals surface area contributed by atoms with Crippen molar-refractivity contribution in [3.05, 3.63) is 30.1 Å². The zero-order chi connectivity index (χ0) is 10.6. The summed E-state index contributed by atoms with van der Waals surface area (Å²) >= 11 is 5.66. The molecule has 0 atom stereocenters. The van der Waals surface area contributed by atoms with Crippen molar-refractivity contribution >= 4 is 11.6 Å². The van der Waals surface area contributed by atoms with Gasteiger partial charge < -0.3 is 0 Å². The van der Waals surface area contributed by atoms with Gasteiger partial charge in [-0.2, -0.15) is 5.10 Å². The van der Waals surface area contributed by atoms with Gasteiger partial charge in [0.25, 0.3) is 0 Å². The van der Waals surface area contributed by atoms with E-state index in [1.54, 1.807) is 4.68 Å². The van der Waals surface area contributed by atoms with Crippen LogP contribution >= 0.6 is 11.6 Å². The van der Waals surface area contributed by atoms with Crippen LogP contribution in [0, 0.1) is 0 Å². The van der Waals surface area contributed by atoms with E-state index in [9.17, 15) is 0 Å². The normalized spacial score (nSPS) is 10.9. The van der Waals surface area contributed by atoms with E-state index in [1.165, 1.54) is 5.56 Å². The van der Waals surface area contributed by atoms with Crippen LogP contribution in [0.5, 0.6) is 0 Å². The molecule has 0 aliphatic heterocycles. The molecular weight excluding hydrogens is 198 g/mol. The lowest BCUT2D eigenvalue weighted by molar-refractivity contribution is 0.356. The highest BCUT2D eigenvalue weighted by atomic mass is 35.5. The second kappa shape index (κ2) is 5.17. The van der Waals surface area contributed by atoms with Crippen LogP contribution < -0.4 is 0 Å². The van der Waals surface area contributed by atoms with E-state index in [1.807, 2.05) is 26.5 Å². The molecule has 1 heterocycles. The van der Waals surface area contributed by atoms with Crippen LogP contribution in [0.15, 0.2) is 24.5 Å². The fourth-order valence-electron chi connectivity index (χ4n) is 1.35. The Labute approximate surface area is 90.0 Å². The van der Waals surface area contributed by atoms with E-state index in [-0.39, 0.29) is 0 Å². The second-order valence-electron chi connectivity index (χ2n) is 3.58. The van der Waals surface area contributed by atoms with Gasteiger partial charge in [-0.3, -0.25) is 9.58 Å². The number of likely N-dealkylation sites (N-methyl/N-ethyl adjacent to an activating group) is 1. The Hall–Kier alpha value is -0.800. The Morgan fingerprint density at radius 2 is 2.43 bits per heavy atom. The maximum absolute atomic E-state index is 5.66. The van der Waals surface area contributed by atoms with Gasteiger partial charge in [-0.15, -0.1) is 11.6 Å². The van der Waals surface area contributed by atoms with E-state index in [4.69, 9.17) is 11.6 Å². The van der Waals surface area contributed by atoms with Gasteiger partial charge >= 0.3 is 0 Å². The molecule has 14 heavy (non-hydrogen) atoms. The molecule has 0 saturated carbocycles. The molecule has 1 aromatic heterocycles. The monoisotopic (exact) mass is 213 g/mol. The molecule has 0 amide bonds. The third-order valence-electron chi connectivity index (χ3n) is 1.89. The molecule has 0 saturated heterocycles. The molecule has 0 bridgehead atoms. The highest BCUT2D eigenvalue weighted by Gasteiger charge is 2.03. The summed E-state index contributed by atoms with van der Waals surface area (Å²) in [6.07, 6.45) is 3.89. The van der Waals surface area contributed by atoms with Crippen LogP contribution in [0.1, 0.15) is 5.56 Å². The average molecular weight is 214 g/mol. The quantitative estimate of drug-likeness (QED) is 0.548. The molecule has 0 unspecified atom stereocenters.